The number of hydrogen-bond donors (Lipinski definition) is 2. The Morgan fingerprint density at radius 1 is 1.36 bits per heavy atom. The summed E-state index contributed by atoms with van der Waals surface area (Å²) in [7, 11) is 0. The van der Waals surface area contributed by atoms with Crippen molar-refractivity contribution in [3.8, 4) is 0 Å². The Morgan fingerprint density at radius 3 is 2.71 bits per heavy atom. The molecule has 0 fully saturated rings. The standard InChI is InChI=1S/C11H15N3/c1-8-7-10(14-11(12)13-8)9-5-3-2-4-6-9/h2-6,8,10H,7H2,1H3,(H3,12,13,14)/t8-,10-/m1/s1. The minimum Gasteiger partial charge on any atom is -0.370 e. The first-order valence-electron chi connectivity index (χ1n) is 4.90. The molecule has 14 heavy (non-hydrogen) atoms. The Labute approximate surface area is 84.0 Å². The second-order valence-electron chi connectivity index (χ2n) is 3.72. The fourth-order valence-electron chi connectivity index (χ4n) is 1.79. The molecule has 0 amide bonds. The number of hydrogen-bond acceptors (Lipinski definition) is 3. The van der Waals surface area contributed by atoms with Crippen LogP contribution in [0.3, 0.4) is 0 Å². The smallest absolute Gasteiger partial charge is 0.189 e. The van der Waals surface area contributed by atoms with E-state index in [1.54, 1.807) is 0 Å². The minimum absolute atomic E-state index is 0.215. The van der Waals surface area contributed by atoms with Gasteiger partial charge in [-0.2, -0.15) is 0 Å². The lowest BCUT2D eigenvalue weighted by molar-refractivity contribution is 0.500. The highest BCUT2D eigenvalue weighted by Gasteiger charge is 2.19. The molecule has 0 spiro atoms. The van der Waals surface area contributed by atoms with E-state index in [0.29, 0.717) is 12.0 Å². The summed E-state index contributed by atoms with van der Waals surface area (Å²) in [5.74, 6) is 0.553. The number of aliphatic imine (C=N–C) groups is 1. The van der Waals surface area contributed by atoms with E-state index in [9.17, 15) is 0 Å². The number of rotatable bonds is 1. The van der Waals surface area contributed by atoms with Crippen molar-refractivity contribution < 1.29 is 0 Å². The topological polar surface area (TPSA) is 50.4 Å². The highest BCUT2D eigenvalue weighted by molar-refractivity contribution is 5.79. The first-order chi connectivity index (χ1) is 6.75. The Hall–Kier alpha value is -1.51. The predicted molar refractivity (Wildman–Crippen MR) is 58.0 cm³/mol. The van der Waals surface area contributed by atoms with Crippen LogP contribution in [0, 0.1) is 0 Å². The Morgan fingerprint density at radius 2 is 2.07 bits per heavy atom. The van der Waals surface area contributed by atoms with Crippen molar-refractivity contribution in [2.75, 3.05) is 0 Å². The largest absolute Gasteiger partial charge is 0.370 e. The fraction of sp³-hybridized carbons (Fsp3) is 0.364. The monoisotopic (exact) mass is 189 g/mol. The molecule has 1 aromatic rings. The molecule has 3 heteroatoms. The van der Waals surface area contributed by atoms with E-state index in [4.69, 9.17) is 5.73 Å². The van der Waals surface area contributed by atoms with Crippen molar-refractivity contribution >= 4 is 5.96 Å². The van der Waals surface area contributed by atoms with Gasteiger partial charge in [-0.05, 0) is 18.9 Å². The van der Waals surface area contributed by atoms with Crippen molar-refractivity contribution in [3.63, 3.8) is 0 Å². The molecular weight excluding hydrogens is 174 g/mol. The molecule has 1 aliphatic heterocycles. The van der Waals surface area contributed by atoms with Gasteiger partial charge in [0.25, 0.3) is 0 Å². The molecule has 74 valence electrons. The molecule has 0 bridgehead atoms. The highest BCUT2D eigenvalue weighted by Crippen LogP contribution is 2.24. The number of nitrogens with zero attached hydrogens (tertiary/aromatic N) is 1. The van der Waals surface area contributed by atoms with Gasteiger partial charge in [-0.3, -0.25) is 0 Å². The Bertz CT molecular complexity index is 332. The highest BCUT2D eigenvalue weighted by atomic mass is 15.1. The number of benzene rings is 1. The molecular formula is C11H15N3. The normalized spacial score (nSPS) is 26.5. The third kappa shape index (κ3) is 1.87. The Balaban J connectivity index is 2.23. The zero-order chi connectivity index (χ0) is 9.97. The molecule has 1 aromatic carbocycles. The van der Waals surface area contributed by atoms with Crippen LogP contribution in [0.5, 0.6) is 0 Å². The van der Waals surface area contributed by atoms with Crippen molar-refractivity contribution in [1.82, 2.24) is 5.32 Å². The lowest BCUT2D eigenvalue weighted by Crippen LogP contribution is -2.42. The second kappa shape index (κ2) is 3.70. The van der Waals surface area contributed by atoms with Crippen molar-refractivity contribution in [2.45, 2.75) is 25.4 Å². The molecule has 0 aromatic heterocycles. The third-order valence-corrected chi connectivity index (χ3v) is 2.45. The van der Waals surface area contributed by atoms with Crippen LogP contribution in [-0.2, 0) is 0 Å². The van der Waals surface area contributed by atoms with Gasteiger partial charge in [0.1, 0.15) is 0 Å². The van der Waals surface area contributed by atoms with Gasteiger partial charge in [0, 0.05) is 6.04 Å². The zero-order valence-corrected chi connectivity index (χ0v) is 8.27. The van der Waals surface area contributed by atoms with E-state index in [-0.39, 0.29) is 6.04 Å². The summed E-state index contributed by atoms with van der Waals surface area (Å²) in [5.41, 5.74) is 6.93. The maximum Gasteiger partial charge on any atom is 0.189 e. The average molecular weight is 189 g/mol. The van der Waals surface area contributed by atoms with Crippen LogP contribution in [0.15, 0.2) is 35.3 Å². The average Bonchev–Trinajstić information content (AvgIpc) is 2.18. The maximum atomic E-state index is 5.69. The summed E-state index contributed by atoms with van der Waals surface area (Å²) in [6.45, 7) is 2.12. The van der Waals surface area contributed by atoms with E-state index >= 15 is 0 Å². The van der Waals surface area contributed by atoms with Crippen LogP contribution in [-0.4, -0.2) is 12.0 Å². The zero-order valence-electron chi connectivity index (χ0n) is 8.27. The summed E-state index contributed by atoms with van der Waals surface area (Å²) in [6.07, 6.45) is 1.00. The van der Waals surface area contributed by atoms with E-state index in [0.717, 1.165) is 6.42 Å². The first kappa shape index (κ1) is 9.06. The predicted octanol–water partition coefficient (Wildman–Crippen LogP) is 1.42. The van der Waals surface area contributed by atoms with Crippen molar-refractivity contribution in [1.29, 1.82) is 0 Å². The summed E-state index contributed by atoms with van der Waals surface area (Å²) in [5, 5.41) is 3.11. The molecule has 2 atom stereocenters. The van der Waals surface area contributed by atoms with Crippen LogP contribution in [0.4, 0.5) is 0 Å². The molecule has 1 aliphatic rings. The van der Waals surface area contributed by atoms with Gasteiger partial charge in [-0.15, -0.1) is 0 Å². The van der Waals surface area contributed by atoms with Crippen molar-refractivity contribution in [2.24, 2.45) is 10.7 Å². The van der Waals surface area contributed by atoms with Crippen molar-refractivity contribution in [3.05, 3.63) is 35.9 Å². The van der Waals surface area contributed by atoms with Gasteiger partial charge < -0.3 is 11.1 Å². The molecule has 3 N–H and O–H groups in total. The van der Waals surface area contributed by atoms with Gasteiger partial charge in [-0.1, -0.05) is 30.3 Å². The van der Waals surface area contributed by atoms with Crippen LogP contribution >= 0.6 is 0 Å². The molecule has 3 nitrogen and oxygen atoms in total. The van der Waals surface area contributed by atoms with E-state index in [1.807, 2.05) is 18.2 Å². The van der Waals surface area contributed by atoms with Crippen LogP contribution < -0.4 is 11.1 Å². The van der Waals surface area contributed by atoms with Gasteiger partial charge in [0.05, 0.1) is 6.04 Å². The second-order valence-corrected chi connectivity index (χ2v) is 3.72. The molecule has 0 saturated carbocycles. The minimum atomic E-state index is 0.215. The molecule has 0 unspecified atom stereocenters. The molecule has 1 heterocycles. The lowest BCUT2D eigenvalue weighted by Gasteiger charge is -2.25. The lowest BCUT2D eigenvalue weighted by atomic mass is 9.99. The number of nitrogens with two attached hydrogens (primary N) is 1. The van der Waals surface area contributed by atoms with Crippen LogP contribution in [0.25, 0.3) is 0 Å². The van der Waals surface area contributed by atoms with E-state index in [2.05, 4.69) is 29.4 Å². The first-order valence-corrected chi connectivity index (χ1v) is 4.90. The van der Waals surface area contributed by atoms with Gasteiger partial charge in [-0.25, -0.2) is 4.99 Å². The number of nitrogens with one attached hydrogen (secondary N) is 1. The van der Waals surface area contributed by atoms with Gasteiger partial charge in [0.15, 0.2) is 5.96 Å². The summed E-state index contributed by atoms with van der Waals surface area (Å²) < 4.78 is 0. The third-order valence-electron chi connectivity index (χ3n) is 2.45. The van der Waals surface area contributed by atoms with Gasteiger partial charge in [0.2, 0.25) is 0 Å². The summed E-state index contributed by atoms with van der Waals surface area (Å²) in [4.78, 5) is 4.39. The molecule has 0 radical (unpaired) electrons. The van der Waals surface area contributed by atoms with Gasteiger partial charge >= 0.3 is 0 Å². The maximum absolute atomic E-state index is 5.69. The summed E-state index contributed by atoms with van der Waals surface area (Å²) >= 11 is 0. The van der Waals surface area contributed by atoms with Crippen LogP contribution in [0.2, 0.25) is 0 Å². The summed E-state index contributed by atoms with van der Waals surface area (Å²) in [6, 6.07) is 10.9. The molecule has 0 aliphatic carbocycles. The molecule has 2 rings (SSSR count). The van der Waals surface area contributed by atoms with Crippen LogP contribution in [0.1, 0.15) is 24.9 Å². The number of guanidine groups is 1. The molecule has 0 saturated heterocycles. The fourth-order valence-corrected chi connectivity index (χ4v) is 1.79. The quantitative estimate of drug-likeness (QED) is 0.702. The SMILES string of the molecule is C[C@@H]1C[C@H](c2ccccc2)N=C(N)N1. The van der Waals surface area contributed by atoms with E-state index in [1.165, 1.54) is 5.56 Å². The van der Waals surface area contributed by atoms with E-state index < -0.39 is 0 Å². The Kier molecular flexibility index (Phi) is 2.39.